The summed E-state index contributed by atoms with van der Waals surface area (Å²) in [5.74, 6) is 1.81. The normalized spacial score (nSPS) is 38.7. The van der Waals surface area contributed by atoms with Gasteiger partial charge in [-0.2, -0.15) is 0 Å². The lowest BCUT2D eigenvalue weighted by molar-refractivity contribution is -0.0595. The molecule has 248 valence electrons. The lowest BCUT2D eigenvalue weighted by atomic mass is 9.53. The van der Waals surface area contributed by atoms with Crippen molar-refractivity contribution < 1.29 is 34.0 Å². The van der Waals surface area contributed by atoms with Crippen molar-refractivity contribution in [3.63, 3.8) is 0 Å². The van der Waals surface area contributed by atoms with E-state index in [9.17, 15) is 15.0 Å². The first-order valence-electron chi connectivity index (χ1n) is 17.4. The third-order valence-corrected chi connectivity index (χ3v) is 13.1. The number of carbonyl (C=O) groups is 1. The van der Waals surface area contributed by atoms with Crippen LogP contribution in [0.15, 0.2) is 73.9 Å². The van der Waals surface area contributed by atoms with Crippen molar-refractivity contribution >= 4 is 6.16 Å². The molecule has 9 heteroatoms. The van der Waals surface area contributed by atoms with Gasteiger partial charge in [-0.3, -0.25) is 9.80 Å². The van der Waals surface area contributed by atoms with E-state index in [-0.39, 0.29) is 35.1 Å². The van der Waals surface area contributed by atoms with Gasteiger partial charge in [-0.25, -0.2) is 4.79 Å². The third-order valence-electron chi connectivity index (χ3n) is 13.1. The number of rotatable bonds is 6. The van der Waals surface area contributed by atoms with E-state index in [2.05, 4.69) is 35.1 Å². The first-order chi connectivity index (χ1) is 23.4. The second-order valence-electron chi connectivity index (χ2n) is 14.9. The maximum absolute atomic E-state index is 13.7. The van der Waals surface area contributed by atoms with Crippen molar-refractivity contribution in [1.29, 1.82) is 0 Å². The summed E-state index contributed by atoms with van der Waals surface area (Å²) in [5, 5.41) is 22.1. The van der Waals surface area contributed by atoms with Crippen LogP contribution < -0.4 is 14.2 Å². The Kier molecular flexibility index (Phi) is 6.02. The number of phenolic OH excluding ortho intramolecular Hbond substituents is 1. The van der Waals surface area contributed by atoms with Crippen molar-refractivity contribution in [2.75, 3.05) is 26.2 Å². The molecule has 8 aliphatic rings. The topological polar surface area (TPSA) is 101 Å². The van der Waals surface area contributed by atoms with Gasteiger partial charge in [-0.05, 0) is 68.1 Å². The van der Waals surface area contributed by atoms with Crippen LogP contribution in [0.3, 0.4) is 0 Å². The number of piperidine rings is 2. The molecule has 0 radical (unpaired) electrons. The molecule has 4 bridgehead atoms. The molecule has 4 aliphatic heterocycles. The summed E-state index contributed by atoms with van der Waals surface area (Å²) in [4.78, 5) is 18.7. The fraction of sp³-hybridized carbons (Fsp3) is 0.462. The van der Waals surface area contributed by atoms with E-state index in [1.54, 1.807) is 12.1 Å². The highest BCUT2D eigenvalue weighted by atomic mass is 16.7. The van der Waals surface area contributed by atoms with E-state index in [0.29, 0.717) is 17.2 Å². The van der Waals surface area contributed by atoms with Crippen LogP contribution in [0.2, 0.25) is 0 Å². The summed E-state index contributed by atoms with van der Waals surface area (Å²) >= 11 is 0. The van der Waals surface area contributed by atoms with Crippen LogP contribution in [0.5, 0.6) is 23.0 Å². The summed E-state index contributed by atoms with van der Waals surface area (Å²) in [6, 6.07) is 8.11. The summed E-state index contributed by atoms with van der Waals surface area (Å²) in [6.45, 7) is 11.3. The molecule has 0 aromatic heterocycles. The van der Waals surface area contributed by atoms with E-state index >= 15 is 0 Å². The third kappa shape index (κ3) is 3.49. The van der Waals surface area contributed by atoms with Crippen LogP contribution in [0, 0.1) is 11.8 Å². The lowest BCUT2D eigenvalue weighted by Crippen LogP contribution is -2.65. The Bertz CT molecular complexity index is 1840. The molecule has 0 saturated carbocycles. The minimum atomic E-state index is -0.836. The first kappa shape index (κ1) is 28.9. The average molecular weight is 649 g/mol. The maximum atomic E-state index is 13.7. The van der Waals surface area contributed by atoms with Gasteiger partial charge in [0.05, 0.1) is 0 Å². The number of hydrogen-bond acceptors (Lipinski definition) is 9. The summed E-state index contributed by atoms with van der Waals surface area (Å²) in [6.07, 6.45) is 12.2. The Balaban J connectivity index is 0.969. The summed E-state index contributed by atoms with van der Waals surface area (Å²) in [7, 11) is 0. The number of benzene rings is 2. The van der Waals surface area contributed by atoms with Crippen molar-refractivity contribution in [2.45, 2.75) is 73.0 Å². The number of aromatic hydroxyl groups is 1. The van der Waals surface area contributed by atoms with Gasteiger partial charge in [0.1, 0.15) is 18.3 Å². The number of aliphatic hydroxyl groups excluding tert-OH is 1. The Morgan fingerprint density at radius 1 is 0.854 bits per heavy atom. The molecular formula is C39H40N2O7. The highest BCUT2D eigenvalue weighted by molar-refractivity contribution is 5.70. The number of likely N-dealkylation sites (tertiary alicyclic amines) is 2. The van der Waals surface area contributed by atoms with Gasteiger partial charge < -0.3 is 29.2 Å². The molecule has 2 fully saturated rings. The van der Waals surface area contributed by atoms with Gasteiger partial charge in [0.25, 0.3) is 0 Å². The zero-order valence-electron chi connectivity index (χ0n) is 26.8. The molecule has 4 heterocycles. The molecule has 48 heavy (non-hydrogen) atoms. The summed E-state index contributed by atoms with van der Waals surface area (Å²) in [5.41, 5.74) is 3.68. The maximum Gasteiger partial charge on any atom is 0.514 e. The monoisotopic (exact) mass is 648 g/mol. The number of aliphatic hydroxyl groups is 1. The molecule has 2 unspecified atom stereocenters. The van der Waals surface area contributed by atoms with Gasteiger partial charge >= 0.3 is 6.16 Å². The van der Waals surface area contributed by atoms with Gasteiger partial charge in [0.15, 0.2) is 29.1 Å². The molecule has 2 aromatic carbocycles. The fourth-order valence-electron chi connectivity index (χ4n) is 11.4. The number of hydrogen-bond donors (Lipinski definition) is 2. The zero-order valence-corrected chi connectivity index (χ0v) is 26.8. The Labute approximate surface area is 279 Å². The van der Waals surface area contributed by atoms with E-state index in [4.69, 9.17) is 18.9 Å². The molecule has 2 saturated heterocycles. The molecule has 10 rings (SSSR count). The highest BCUT2D eigenvalue weighted by Gasteiger charge is 2.66. The van der Waals surface area contributed by atoms with E-state index < -0.39 is 36.0 Å². The number of ether oxygens (including phenoxy) is 4. The largest absolute Gasteiger partial charge is 0.514 e. The second-order valence-corrected chi connectivity index (χ2v) is 14.9. The molecule has 4 aliphatic carbocycles. The predicted octanol–water partition coefficient (Wildman–Crippen LogP) is 4.34. The van der Waals surface area contributed by atoms with E-state index in [0.717, 1.165) is 63.0 Å². The van der Waals surface area contributed by atoms with E-state index in [1.165, 1.54) is 11.1 Å². The molecule has 2 N–H and O–H groups in total. The minimum absolute atomic E-state index is 0.118. The van der Waals surface area contributed by atoms with Crippen LogP contribution in [-0.2, 0) is 28.4 Å². The molecular weight excluding hydrogens is 608 g/mol. The number of carbonyl (C=O) groups excluding carboxylic acids is 1. The number of nitrogens with zero attached hydrogens (tertiary/aromatic N) is 2. The van der Waals surface area contributed by atoms with E-state index in [1.807, 2.05) is 36.4 Å². The molecule has 2 aromatic rings. The second kappa shape index (κ2) is 10.00. The molecule has 0 amide bonds. The Hall–Kier alpha value is -4.05. The predicted molar refractivity (Wildman–Crippen MR) is 177 cm³/mol. The van der Waals surface area contributed by atoms with Gasteiger partial charge in [-0.15, -0.1) is 13.2 Å². The average Bonchev–Trinajstić information content (AvgIpc) is 3.62. The van der Waals surface area contributed by atoms with Crippen LogP contribution in [0.25, 0.3) is 0 Å². The minimum Gasteiger partial charge on any atom is -0.504 e. The smallest absolute Gasteiger partial charge is 0.504 e. The van der Waals surface area contributed by atoms with Gasteiger partial charge in [0.2, 0.25) is 0 Å². The fourth-order valence-corrected chi connectivity index (χ4v) is 11.4. The van der Waals surface area contributed by atoms with Gasteiger partial charge in [-0.1, -0.05) is 42.5 Å². The summed E-state index contributed by atoms with van der Waals surface area (Å²) < 4.78 is 25.3. The van der Waals surface area contributed by atoms with Crippen LogP contribution in [0.1, 0.15) is 35.1 Å². The SMILES string of the molecule is C=CCN1CC[C@]23c4c5ccc(O)c4O[C@H]2[C@@H](OC(=O)Oc2ccc4c6c2O[C@H]2C(O)C=C[C@H]7[C@@H](C4)N(CC=C)CC[C@]627)C=C[C@H]3C1C5. The van der Waals surface area contributed by atoms with Crippen molar-refractivity contribution in [3.8, 4) is 23.0 Å². The highest BCUT2D eigenvalue weighted by Crippen LogP contribution is 2.64. The van der Waals surface area contributed by atoms with Crippen LogP contribution in [-0.4, -0.2) is 88.8 Å². The van der Waals surface area contributed by atoms with Crippen LogP contribution in [0.4, 0.5) is 4.79 Å². The molecule has 9 nitrogen and oxygen atoms in total. The van der Waals surface area contributed by atoms with Crippen LogP contribution >= 0.6 is 0 Å². The molecule has 10 atom stereocenters. The zero-order chi connectivity index (χ0) is 32.5. The quantitative estimate of drug-likeness (QED) is 0.269. The number of phenols is 1. The van der Waals surface area contributed by atoms with Crippen molar-refractivity contribution in [2.24, 2.45) is 11.8 Å². The van der Waals surface area contributed by atoms with Crippen molar-refractivity contribution in [3.05, 3.63) is 96.1 Å². The molecule has 2 spiro atoms. The van der Waals surface area contributed by atoms with Crippen molar-refractivity contribution in [1.82, 2.24) is 9.80 Å². The lowest BCUT2D eigenvalue weighted by Gasteiger charge is -2.57. The Morgan fingerprint density at radius 2 is 1.46 bits per heavy atom. The standard InChI is InChI=1S/C39H40N2O7/c1-3-15-40-17-13-38-23-7-10-28(43)35(38)48-34-29(11-6-22(32(34)38)20-25(23)40)45-37(44)46-30-12-8-24-26-19-21-5-9-27(42)33-31(21)39(24,36(30)47-33)14-18-41(26)16-4-2/h3-12,23-26,28,30,35-36,42-43H,1-2,13-20H2/t23-,24-,25+,26?,28?,30-,35-,36-,38-,39-/m0/s1. The first-order valence-corrected chi connectivity index (χ1v) is 17.4. The Morgan fingerprint density at radius 3 is 2.15 bits per heavy atom. The van der Waals surface area contributed by atoms with Gasteiger partial charge in [0, 0.05) is 59.0 Å².